The first-order valence-corrected chi connectivity index (χ1v) is 3.89. The van der Waals surface area contributed by atoms with Crippen molar-refractivity contribution in [1.82, 2.24) is 5.32 Å². The lowest BCUT2D eigenvalue weighted by atomic mass is 10.3. The molecule has 0 aliphatic rings. The number of nitroso groups, excluding NO2 is 1. The Kier molecular flexibility index (Phi) is 3.51. The highest BCUT2D eigenvalue weighted by Crippen LogP contribution is 2.12. The van der Waals surface area contributed by atoms with E-state index in [1.54, 1.807) is 19.2 Å². The standard InChI is InChI=1S/C8H11N3O2/c1-9-6-11(13)8-4-2-7(10-12)3-5-8/h2-5,9,11H,6H2,1H3. The average molecular weight is 181 g/mol. The summed E-state index contributed by atoms with van der Waals surface area (Å²) in [7, 11) is 1.71. The van der Waals surface area contributed by atoms with E-state index in [4.69, 9.17) is 0 Å². The molecule has 0 heterocycles. The molecule has 13 heavy (non-hydrogen) atoms. The van der Waals surface area contributed by atoms with Gasteiger partial charge in [-0.05, 0) is 24.4 Å². The van der Waals surface area contributed by atoms with Gasteiger partial charge in [-0.25, -0.2) is 0 Å². The van der Waals surface area contributed by atoms with Crippen LogP contribution in [0.1, 0.15) is 0 Å². The topological polar surface area (TPSA) is 69.0 Å². The van der Waals surface area contributed by atoms with Crippen molar-refractivity contribution >= 4 is 11.4 Å². The first-order chi connectivity index (χ1) is 6.27. The van der Waals surface area contributed by atoms with E-state index in [0.29, 0.717) is 18.0 Å². The number of hydrogen-bond donors (Lipinski definition) is 2. The fourth-order valence-electron chi connectivity index (χ4n) is 0.971. The van der Waals surface area contributed by atoms with Gasteiger partial charge < -0.3 is 10.3 Å². The van der Waals surface area contributed by atoms with Crippen LogP contribution in [0, 0.1) is 10.1 Å². The highest BCUT2D eigenvalue weighted by atomic mass is 16.5. The second-order valence-corrected chi connectivity index (χ2v) is 2.59. The van der Waals surface area contributed by atoms with Gasteiger partial charge >= 0.3 is 0 Å². The van der Waals surface area contributed by atoms with Crippen molar-refractivity contribution in [2.75, 3.05) is 13.7 Å². The van der Waals surface area contributed by atoms with Crippen LogP contribution >= 0.6 is 0 Å². The molecule has 1 aromatic rings. The SMILES string of the molecule is CNC[NH+]([O-])c1ccc(N=O)cc1. The van der Waals surface area contributed by atoms with Crippen LogP contribution in [-0.4, -0.2) is 13.7 Å². The predicted octanol–water partition coefficient (Wildman–Crippen LogP) is 0.276. The second kappa shape index (κ2) is 4.66. The molecule has 1 aromatic carbocycles. The third kappa shape index (κ3) is 2.59. The Morgan fingerprint density at radius 1 is 1.46 bits per heavy atom. The number of hydrogen-bond acceptors (Lipinski definition) is 4. The lowest BCUT2D eigenvalue weighted by Crippen LogP contribution is -3.03. The number of benzene rings is 1. The molecule has 0 saturated heterocycles. The Balaban J connectivity index is 2.73. The number of nitrogens with one attached hydrogen (secondary N) is 2. The molecule has 0 aliphatic heterocycles. The number of rotatable bonds is 4. The molecule has 0 fully saturated rings. The smallest absolute Gasteiger partial charge is 0.135 e. The molecular weight excluding hydrogens is 170 g/mol. The van der Waals surface area contributed by atoms with Gasteiger partial charge in [0.05, 0.1) is 0 Å². The molecule has 0 aliphatic carbocycles. The second-order valence-electron chi connectivity index (χ2n) is 2.59. The number of nitrogens with zero attached hydrogens (tertiary/aromatic N) is 1. The maximum Gasteiger partial charge on any atom is 0.135 e. The lowest BCUT2D eigenvalue weighted by molar-refractivity contribution is -0.779. The first kappa shape index (κ1) is 9.79. The Labute approximate surface area is 75.9 Å². The van der Waals surface area contributed by atoms with Crippen LogP contribution in [0.4, 0.5) is 11.4 Å². The van der Waals surface area contributed by atoms with E-state index >= 15 is 0 Å². The van der Waals surface area contributed by atoms with E-state index in [1.807, 2.05) is 0 Å². The summed E-state index contributed by atoms with van der Waals surface area (Å²) in [5.41, 5.74) is 0.919. The van der Waals surface area contributed by atoms with Crippen molar-refractivity contribution in [3.05, 3.63) is 34.4 Å². The molecule has 1 unspecified atom stereocenters. The predicted molar refractivity (Wildman–Crippen MR) is 49.8 cm³/mol. The van der Waals surface area contributed by atoms with E-state index in [0.717, 1.165) is 0 Å². The molecule has 0 bridgehead atoms. The summed E-state index contributed by atoms with van der Waals surface area (Å²) >= 11 is 0. The molecule has 70 valence electrons. The molecule has 0 saturated carbocycles. The Morgan fingerprint density at radius 3 is 2.54 bits per heavy atom. The van der Waals surface area contributed by atoms with E-state index in [-0.39, 0.29) is 5.06 Å². The summed E-state index contributed by atoms with van der Waals surface area (Å²) in [4.78, 5) is 10.1. The Morgan fingerprint density at radius 2 is 2.08 bits per heavy atom. The summed E-state index contributed by atoms with van der Waals surface area (Å²) in [5.74, 6) is 0. The monoisotopic (exact) mass is 181 g/mol. The van der Waals surface area contributed by atoms with Crippen LogP contribution in [0.2, 0.25) is 0 Å². The minimum atomic E-state index is -0.0000472. The van der Waals surface area contributed by atoms with E-state index in [2.05, 4.69) is 10.5 Å². The van der Waals surface area contributed by atoms with Gasteiger partial charge in [0.15, 0.2) is 0 Å². The Hall–Kier alpha value is -1.30. The zero-order valence-electron chi connectivity index (χ0n) is 7.28. The largest absolute Gasteiger partial charge is 0.628 e. The fourth-order valence-corrected chi connectivity index (χ4v) is 0.971. The molecule has 0 amide bonds. The van der Waals surface area contributed by atoms with Crippen molar-refractivity contribution in [2.45, 2.75) is 0 Å². The van der Waals surface area contributed by atoms with E-state index < -0.39 is 0 Å². The molecule has 5 heteroatoms. The van der Waals surface area contributed by atoms with Gasteiger partial charge in [-0.15, -0.1) is 4.91 Å². The number of hydroxylamine groups is 1. The van der Waals surface area contributed by atoms with Crippen LogP contribution in [-0.2, 0) is 0 Å². The molecule has 2 N–H and O–H groups in total. The van der Waals surface area contributed by atoms with Gasteiger partial charge in [0.2, 0.25) is 0 Å². The molecule has 0 aromatic heterocycles. The molecule has 1 rings (SSSR count). The third-order valence-electron chi connectivity index (χ3n) is 1.63. The molecule has 5 nitrogen and oxygen atoms in total. The van der Waals surface area contributed by atoms with Crippen LogP contribution in [0.25, 0.3) is 0 Å². The number of quaternary nitrogens is 1. The lowest BCUT2D eigenvalue weighted by Gasteiger charge is -2.20. The minimum Gasteiger partial charge on any atom is -0.628 e. The van der Waals surface area contributed by atoms with Gasteiger partial charge in [0.1, 0.15) is 18.0 Å². The zero-order valence-corrected chi connectivity index (χ0v) is 7.28. The van der Waals surface area contributed by atoms with Crippen LogP contribution in [0.5, 0.6) is 0 Å². The average Bonchev–Trinajstić information content (AvgIpc) is 2.18. The van der Waals surface area contributed by atoms with Crippen molar-refractivity contribution < 1.29 is 5.06 Å². The summed E-state index contributed by atoms with van der Waals surface area (Å²) < 4.78 is 0. The van der Waals surface area contributed by atoms with Gasteiger partial charge in [-0.3, -0.25) is 5.32 Å². The van der Waals surface area contributed by atoms with Crippen LogP contribution < -0.4 is 10.4 Å². The minimum absolute atomic E-state index is 0.0000472. The summed E-state index contributed by atoms with van der Waals surface area (Å²) in [6.45, 7) is 0.299. The first-order valence-electron chi connectivity index (χ1n) is 3.89. The van der Waals surface area contributed by atoms with Crippen molar-refractivity contribution in [1.29, 1.82) is 0 Å². The van der Waals surface area contributed by atoms with Gasteiger partial charge in [-0.1, -0.05) is 0 Å². The molecule has 0 spiro atoms. The summed E-state index contributed by atoms with van der Waals surface area (Å²) in [6, 6.07) is 6.23. The van der Waals surface area contributed by atoms with Crippen molar-refractivity contribution in [3.63, 3.8) is 0 Å². The fraction of sp³-hybridized carbons (Fsp3) is 0.250. The highest BCUT2D eigenvalue weighted by molar-refractivity contribution is 5.43. The van der Waals surface area contributed by atoms with E-state index in [1.165, 1.54) is 12.1 Å². The highest BCUT2D eigenvalue weighted by Gasteiger charge is 2.00. The molecule has 0 radical (unpaired) electrons. The quantitative estimate of drug-likeness (QED) is 0.398. The maximum absolute atomic E-state index is 11.3. The van der Waals surface area contributed by atoms with Crippen LogP contribution in [0.3, 0.4) is 0 Å². The molecular formula is C8H11N3O2. The van der Waals surface area contributed by atoms with Crippen molar-refractivity contribution in [3.8, 4) is 0 Å². The van der Waals surface area contributed by atoms with Gasteiger partial charge in [-0.2, -0.15) is 0 Å². The Bertz CT molecular complexity index is 273. The maximum atomic E-state index is 11.3. The zero-order chi connectivity index (χ0) is 9.68. The van der Waals surface area contributed by atoms with Crippen LogP contribution in [0.15, 0.2) is 29.4 Å². The normalized spacial score (nSPS) is 12.5. The van der Waals surface area contributed by atoms with E-state index in [9.17, 15) is 10.1 Å². The van der Waals surface area contributed by atoms with Crippen molar-refractivity contribution in [2.24, 2.45) is 5.18 Å². The van der Waals surface area contributed by atoms with Gasteiger partial charge in [0.25, 0.3) is 0 Å². The molecule has 1 atom stereocenters. The summed E-state index contributed by atoms with van der Waals surface area (Å²) in [6.07, 6.45) is 0. The third-order valence-corrected chi connectivity index (χ3v) is 1.63. The summed E-state index contributed by atoms with van der Waals surface area (Å²) in [5, 5.41) is 16.8. The van der Waals surface area contributed by atoms with Gasteiger partial charge in [0, 0.05) is 12.1 Å².